The molecule has 10 heteroatoms. The van der Waals surface area contributed by atoms with Crippen LogP contribution in [0.2, 0.25) is 5.02 Å². The number of ether oxygens (including phenoxy) is 2. The van der Waals surface area contributed by atoms with Crippen molar-refractivity contribution in [1.82, 2.24) is 5.32 Å². The molecular formula is C35H45ClNO6PS. The Morgan fingerprint density at radius 2 is 1.67 bits per heavy atom. The third kappa shape index (κ3) is 12.5. The van der Waals surface area contributed by atoms with Crippen molar-refractivity contribution >= 4 is 37.1 Å². The Morgan fingerprint density at radius 1 is 0.956 bits per heavy atom. The van der Waals surface area contributed by atoms with Crippen LogP contribution in [0.25, 0.3) is 0 Å². The lowest BCUT2D eigenvalue weighted by Gasteiger charge is -2.33. The first-order valence-electron chi connectivity index (χ1n) is 15.0. The van der Waals surface area contributed by atoms with Crippen LogP contribution in [0.5, 0.6) is 5.75 Å². The van der Waals surface area contributed by atoms with Crippen LogP contribution in [0.3, 0.4) is 0 Å². The smallest absolute Gasteiger partial charge is 0.408 e. The fraction of sp³-hybridized carbons (Fsp3) is 0.400. The van der Waals surface area contributed by atoms with Gasteiger partial charge in [0.05, 0.1) is 5.54 Å². The molecule has 244 valence electrons. The number of hydrogen-bond donors (Lipinski definition) is 1. The zero-order valence-corrected chi connectivity index (χ0v) is 29.5. The fourth-order valence-corrected chi connectivity index (χ4v) is 6.84. The number of carbonyl (C=O) groups is 1. The first kappa shape index (κ1) is 36.7. The van der Waals surface area contributed by atoms with Gasteiger partial charge in [-0.25, -0.2) is 4.79 Å². The Bertz CT molecular complexity index is 1450. The van der Waals surface area contributed by atoms with E-state index in [9.17, 15) is 9.36 Å². The van der Waals surface area contributed by atoms with Crippen molar-refractivity contribution < 1.29 is 27.9 Å². The number of halogens is 1. The molecule has 0 aliphatic heterocycles. The molecule has 0 aliphatic carbocycles. The molecule has 0 saturated heterocycles. The van der Waals surface area contributed by atoms with Gasteiger partial charge in [-0.05, 0) is 87.9 Å². The van der Waals surface area contributed by atoms with Crippen molar-refractivity contribution in [3.63, 3.8) is 0 Å². The zero-order chi connectivity index (χ0) is 32.9. The quantitative estimate of drug-likeness (QED) is 0.151. The molecule has 1 amide bonds. The molecule has 0 fully saturated rings. The van der Waals surface area contributed by atoms with E-state index in [1.807, 2.05) is 94.4 Å². The monoisotopic (exact) mass is 673 g/mol. The van der Waals surface area contributed by atoms with Crippen LogP contribution in [0.15, 0.2) is 94.5 Å². The number of benzene rings is 3. The van der Waals surface area contributed by atoms with Gasteiger partial charge in [0, 0.05) is 34.9 Å². The Labute approximate surface area is 277 Å². The molecule has 7 nitrogen and oxygen atoms in total. The third-order valence-electron chi connectivity index (χ3n) is 6.91. The van der Waals surface area contributed by atoms with Crippen molar-refractivity contribution in [2.45, 2.75) is 87.3 Å². The van der Waals surface area contributed by atoms with E-state index in [4.69, 9.17) is 30.1 Å². The van der Waals surface area contributed by atoms with Gasteiger partial charge in [0.1, 0.15) is 18.0 Å². The van der Waals surface area contributed by atoms with Gasteiger partial charge in [-0.1, -0.05) is 85.2 Å². The van der Waals surface area contributed by atoms with Crippen molar-refractivity contribution in [2.24, 2.45) is 0 Å². The molecule has 3 aromatic carbocycles. The van der Waals surface area contributed by atoms with Crippen LogP contribution < -0.4 is 10.1 Å². The van der Waals surface area contributed by atoms with E-state index >= 15 is 0 Å². The van der Waals surface area contributed by atoms with E-state index < -0.39 is 24.8 Å². The molecule has 3 aromatic rings. The molecule has 0 bridgehead atoms. The van der Waals surface area contributed by atoms with Crippen LogP contribution in [-0.2, 0) is 31.4 Å². The van der Waals surface area contributed by atoms with E-state index in [-0.39, 0.29) is 0 Å². The standard InChI is InChI=1S/C35H45ClNO6PS/c1-7-20-35(22-23-44(39,40-5)41-6,37-33(38)43-34(2,3)4)21-12-15-28-18-19-31(25-32(28)36)45-30-17-11-16-29(24-30)42-26-27-13-9-8-10-14-27/h8-11,13-14,16-19,22-25H,7,12,15,20-21,26H2,1-6H3,(H,37,38)/b23-22+. The number of carbonyl (C=O) groups excluding carboxylic acids is 1. The first-order chi connectivity index (χ1) is 21.4. The summed E-state index contributed by atoms with van der Waals surface area (Å²) in [5, 5.41) is 3.72. The Balaban J connectivity index is 1.69. The summed E-state index contributed by atoms with van der Waals surface area (Å²) in [4.78, 5) is 15.0. The second kappa shape index (κ2) is 17.3. The molecule has 3 rings (SSSR count). The maximum atomic E-state index is 12.9. The van der Waals surface area contributed by atoms with Crippen molar-refractivity contribution in [1.29, 1.82) is 0 Å². The predicted molar refractivity (Wildman–Crippen MR) is 184 cm³/mol. The van der Waals surface area contributed by atoms with Gasteiger partial charge < -0.3 is 23.8 Å². The number of hydrogen-bond acceptors (Lipinski definition) is 7. The van der Waals surface area contributed by atoms with Gasteiger partial charge in [-0.2, -0.15) is 0 Å². The maximum absolute atomic E-state index is 12.9. The summed E-state index contributed by atoms with van der Waals surface area (Å²) in [6.45, 7) is 7.98. The van der Waals surface area contributed by atoms with Gasteiger partial charge in [0.2, 0.25) is 0 Å². The van der Waals surface area contributed by atoms with Crippen LogP contribution >= 0.6 is 31.0 Å². The highest BCUT2D eigenvalue weighted by Gasteiger charge is 2.32. The van der Waals surface area contributed by atoms with Crippen LogP contribution in [-0.4, -0.2) is 31.5 Å². The minimum atomic E-state index is -3.44. The normalized spacial score (nSPS) is 13.4. The van der Waals surface area contributed by atoms with Crippen molar-refractivity contribution in [3.05, 3.63) is 101 Å². The second-order valence-electron chi connectivity index (χ2n) is 11.7. The molecule has 0 saturated carbocycles. The third-order valence-corrected chi connectivity index (χ3v) is 9.78. The second-order valence-corrected chi connectivity index (χ2v) is 15.4. The summed E-state index contributed by atoms with van der Waals surface area (Å²) >= 11 is 8.38. The molecule has 1 N–H and O–H groups in total. The van der Waals surface area contributed by atoms with Gasteiger partial charge >= 0.3 is 13.7 Å². The zero-order valence-electron chi connectivity index (χ0n) is 27.0. The summed E-state index contributed by atoms with van der Waals surface area (Å²) < 4.78 is 34.6. The Hall–Kier alpha value is -2.74. The molecular weight excluding hydrogens is 629 g/mol. The van der Waals surface area contributed by atoms with E-state index in [0.717, 1.165) is 33.1 Å². The number of nitrogens with one attached hydrogen (secondary N) is 1. The highest BCUT2D eigenvalue weighted by Crippen LogP contribution is 2.48. The van der Waals surface area contributed by atoms with Gasteiger partial charge in [-0.3, -0.25) is 4.57 Å². The maximum Gasteiger partial charge on any atom is 0.408 e. The summed E-state index contributed by atoms with van der Waals surface area (Å²) in [6.07, 6.45) is 4.52. The molecule has 0 aliphatic rings. The molecule has 1 unspecified atom stereocenters. The van der Waals surface area contributed by atoms with Crippen molar-refractivity contribution in [2.75, 3.05) is 14.2 Å². The average molecular weight is 674 g/mol. The summed E-state index contributed by atoms with van der Waals surface area (Å²) in [5.41, 5.74) is 0.641. The van der Waals surface area contributed by atoms with E-state index in [1.54, 1.807) is 17.8 Å². The van der Waals surface area contributed by atoms with Gasteiger partial charge in [-0.15, -0.1) is 0 Å². The molecule has 0 radical (unpaired) electrons. The highest BCUT2D eigenvalue weighted by molar-refractivity contribution is 7.99. The Morgan fingerprint density at radius 3 is 2.31 bits per heavy atom. The van der Waals surface area contributed by atoms with E-state index in [0.29, 0.717) is 37.3 Å². The lowest BCUT2D eigenvalue weighted by atomic mass is 9.87. The van der Waals surface area contributed by atoms with Gasteiger partial charge in [0.15, 0.2) is 0 Å². The molecule has 0 spiro atoms. The number of amides is 1. The topological polar surface area (TPSA) is 83.1 Å². The van der Waals surface area contributed by atoms with E-state index in [1.165, 1.54) is 20.0 Å². The molecule has 1 atom stereocenters. The summed E-state index contributed by atoms with van der Waals surface area (Å²) in [5.74, 6) is 2.23. The number of alkyl carbamates (subject to hydrolysis) is 1. The van der Waals surface area contributed by atoms with Gasteiger partial charge in [0.25, 0.3) is 0 Å². The number of aryl methyl sites for hydroxylation is 1. The Kier molecular flexibility index (Phi) is 14.1. The lowest BCUT2D eigenvalue weighted by molar-refractivity contribution is 0.0467. The SMILES string of the molecule is CCCC(/C=C/P(=O)(OC)OC)(CCCc1ccc(Sc2cccc(OCc3ccccc3)c2)cc1Cl)NC(=O)OC(C)(C)C. The average Bonchev–Trinajstić information content (AvgIpc) is 3.00. The first-order valence-corrected chi connectivity index (χ1v) is 17.8. The molecule has 45 heavy (non-hydrogen) atoms. The summed E-state index contributed by atoms with van der Waals surface area (Å²) in [7, 11) is -0.781. The highest BCUT2D eigenvalue weighted by atomic mass is 35.5. The van der Waals surface area contributed by atoms with E-state index in [2.05, 4.69) is 11.4 Å². The van der Waals surface area contributed by atoms with Crippen LogP contribution in [0, 0.1) is 0 Å². The van der Waals surface area contributed by atoms with Crippen LogP contribution in [0.4, 0.5) is 4.79 Å². The lowest BCUT2D eigenvalue weighted by Crippen LogP contribution is -2.48. The number of rotatable bonds is 16. The summed E-state index contributed by atoms with van der Waals surface area (Å²) in [6, 6.07) is 24.2. The fourth-order valence-electron chi connectivity index (χ4n) is 4.73. The largest absolute Gasteiger partial charge is 0.489 e. The van der Waals surface area contributed by atoms with Crippen LogP contribution in [0.1, 0.15) is 64.5 Å². The minimum Gasteiger partial charge on any atom is -0.489 e. The minimum absolute atomic E-state index is 0.510. The molecule has 0 heterocycles. The predicted octanol–water partition coefficient (Wildman–Crippen LogP) is 10.5. The molecule has 0 aromatic heterocycles. The van der Waals surface area contributed by atoms with Crippen molar-refractivity contribution in [3.8, 4) is 5.75 Å².